The van der Waals surface area contributed by atoms with Gasteiger partial charge in [-0.05, 0) is 42.5 Å². The van der Waals surface area contributed by atoms with Crippen molar-refractivity contribution in [3.8, 4) is 0 Å². The number of hydrogen-bond acceptors (Lipinski definition) is 4. The number of amides is 2. The lowest BCUT2D eigenvalue weighted by atomic mass is 9.87. The van der Waals surface area contributed by atoms with Crippen LogP contribution < -0.4 is 10.2 Å². The number of nitrogens with zero attached hydrogens (tertiary/aromatic N) is 2. The standard InChI is InChI=1S/C21H20FN3O4/c22-17-9-8-15(11-19(17)25(28)29)24-12-14(10-20(24)26)21(27)23-18-7-3-5-13-4-1-2-6-16(13)18/h1-2,4,6,8-9,11,14,18H,3,5,7,10,12H2,(H,23,27). The highest BCUT2D eigenvalue weighted by Gasteiger charge is 2.37. The van der Waals surface area contributed by atoms with E-state index in [0.29, 0.717) is 0 Å². The van der Waals surface area contributed by atoms with Crippen LogP contribution in [0.1, 0.15) is 36.4 Å². The van der Waals surface area contributed by atoms with Crippen molar-refractivity contribution < 1.29 is 18.9 Å². The number of carbonyl (C=O) groups excluding carboxylic acids is 2. The van der Waals surface area contributed by atoms with E-state index >= 15 is 0 Å². The van der Waals surface area contributed by atoms with Crippen LogP contribution in [0.25, 0.3) is 0 Å². The molecule has 1 N–H and O–H groups in total. The second-order valence-corrected chi connectivity index (χ2v) is 7.45. The summed E-state index contributed by atoms with van der Waals surface area (Å²) in [4.78, 5) is 36.7. The third-order valence-electron chi connectivity index (χ3n) is 5.62. The Bertz CT molecular complexity index is 994. The van der Waals surface area contributed by atoms with E-state index in [9.17, 15) is 24.1 Å². The zero-order valence-corrected chi connectivity index (χ0v) is 15.6. The normalized spacial score (nSPS) is 21.0. The van der Waals surface area contributed by atoms with E-state index < -0.39 is 22.3 Å². The van der Waals surface area contributed by atoms with Crippen LogP contribution in [0.15, 0.2) is 42.5 Å². The lowest BCUT2D eigenvalue weighted by Crippen LogP contribution is -2.36. The molecule has 29 heavy (non-hydrogen) atoms. The third kappa shape index (κ3) is 3.70. The number of nitrogens with one attached hydrogen (secondary N) is 1. The average molecular weight is 397 g/mol. The zero-order valence-electron chi connectivity index (χ0n) is 15.6. The minimum absolute atomic E-state index is 0.0192. The molecule has 2 atom stereocenters. The molecule has 1 heterocycles. The van der Waals surface area contributed by atoms with Crippen LogP contribution in [0.3, 0.4) is 0 Å². The Labute approximate surface area is 166 Å². The van der Waals surface area contributed by atoms with E-state index in [1.165, 1.54) is 16.5 Å². The molecule has 0 saturated carbocycles. The molecule has 2 aliphatic rings. The average Bonchev–Trinajstić information content (AvgIpc) is 3.10. The zero-order chi connectivity index (χ0) is 20.5. The maximum atomic E-state index is 13.6. The minimum atomic E-state index is -0.962. The molecule has 2 aromatic carbocycles. The molecule has 2 aromatic rings. The van der Waals surface area contributed by atoms with Gasteiger partial charge in [0.2, 0.25) is 17.6 Å². The summed E-state index contributed by atoms with van der Waals surface area (Å²) in [7, 11) is 0. The number of carbonyl (C=O) groups is 2. The van der Waals surface area contributed by atoms with Crippen molar-refractivity contribution in [3.05, 3.63) is 69.5 Å². The Morgan fingerprint density at radius 2 is 2.03 bits per heavy atom. The Kier molecular flexibility index (Phi) is 5.00. The quantitative estimate of drug-likeness (QED) is 0.633. The fourth-order valence-corrected chi connectivity index (χ4v) is 4.14. The van der Waals surface area contributed by atoms with Crippen molar-refractivity contribution in [1.29, 1.82) is 0 Å². The van der Waals surface area contributed by atoms with Crippen molar-refractivity contribution in [2.75, 3.05) is 11.4 Å². The van der Waals surface area contributed by atoms with Gasteiger partial charge >= 0.3 is 5.69 Å². The first-order valence-corrected chi connectivity index (χ1v) is 9.56. The SMILES string of the molecule is O=C(NC1CCCc2ccccc21)C1CC(=O)N(c2ccc(F)c([N+](=O)[O-])c2)C1. The van der Waals surface area contributed by atoms with Crippen LogP contribution in [-0.2, 0) is 16.0 Å². The van der Waals surface area contributed by atoms with Gasteiger partial charge in [-0.2, -0.15) is 4.39 Å². The van der Waals surface area contributed by atoms with E-state index in [0.717, 1.165) is 37.0 Å². The first-order valence-electron chi connectivity index (χ1n) is 9.56. The highest BCUT2D eigenvalue weighted by Crippen LogP contribution is 2.32. The predicted molar refractivity (Wildman–Crippen MR) is 104 cm³/mol. The number of fused-ring (bicyclic) bond motifs is 1. The molecular formula is C21H20FN3O4. The van der Waals surface area contributed by atoms with Gasteiger partial charge in [0.15, 0.2) is 0 Å². The molecule has 150 valence electrons. The lowest BCUT2D eigenvalue weighted by Gasteiger charge is -2.27. The molecule has 1 aliphatic heterocycles. The summed E-state index contributed by atoms with van der Waals surface area (Å²) in [6.45, 7) is 0.113. The van der Waals surface area contributed by atoms with E-state index in [4.69, 9.17) is 0 Å². The molecule has 4 rings (SSSR count). The van der Waals surface area contributed by atoms with Gasteiger partial charge in [-0.25, -0.2) is 0 Å². The first-order chi connectivity index (χ1) is 13.9. The van der Waals surface area contributed by atoms with Crippen molar-refractivity contribution in [2.45, 2.75) is 31.7 Å². The molecule has 0 bridgehead atoms. The number of rotatable bonds is 4. The van der Waals surface area contributed by atoms with Crippen LogP contribution in [0.4, 0.5) is 15.8 Å². The largest absolute Gasteiger partial charge is 0.349 e. The van der Waals surface area contributed by atoms with Crippen molar-refractivity contribution in [2.24, 2.45) is 5.92 Å². The Hall–Kier alpha value is -3.29. The van der Waals surface area contributed by atoms with E-state index in [1.54, 1.807) is 0 Å². The fourth-order valence-electron chi connectivity index (χ4n) is 4.14. The maximum absolute atomic E-state index is 13.6. The topological polar surface area (TPSA) is 92.6 Å². The summed E-state index contributed by atoms with van der Waals surface area (Å²) >= 11 is 0. The Morgan fingerprint density at radius 3 is 2.83 bits per heavy atom. The molecule has 1 saturated heterocycles. The van der Waals surface area contributed by atoms with Crippen LogP contribution in [0, 0.1) is 21.8 Å². The molecule has 8 heteroatoms. The second kappa shape index (κ2) is 7.62. The van der Waals surface area contributed by atoms with Crippen molar-refractivity contribution in [1.82, 2.24) is 5.32 Å². The highest BCUT2D eigenvalue weighted by molar-refractivity contribution is 6.00. The Morgan fingerprint density at radius 1 is 1.24 bits per heavy atom. The highest BCUT2D eigenvalue weighted by atomic mass is 19.1. The molecule has 0 aromatic heterocycles. The van der Waals surface area contributed by atoms with Crippen molar-refractivity contribution in [3.63, 3.8) is 0 Å². The number of halogens is 1. The van der Waals surface area contributed by atoms with Gasteiger partial charge in [-0.3, -0.25) is 19.7 Å². The van der Waals surface area contributed by atoms with Gasteiger partial charge < -0.3 is 10.2 Å². The number of hydrogen-bond donors (Lipinski definition) is 1. The molecule has 0 spiro atoms. The Balaban J connectivity index is 1.48. The van der Waals surface area contributed by atoms with Gasteiger partial charge in [0.05, 0.1) is 22.6 Å². The molecule has 2 unspecified atom stereocenters. The van der Waals surface area contributed by atoms with Crippen molar-refractivity contribution >= 4 is 23.2 Å². The van der Waals surface area contributed by atoms with Gasteiger partial charge in [0.1, 0.15) is 0 Å². The monoisotopic (exact) mass is 397 g/mol. The number of nitro benzene ring substituents is 1. The summed E-state index contributed by atoms with van der Waals surface area (Å²) in [5, 5.41) is 14.0. The van der Waals surface area contributed by atoms with Crippen LogP contribution in [-0.4, -0.2) is 23.3 Å². The van der Waals surface area contributed by atoms with E-state index in [-0.39, 0.29) is 36.5 Å². The van der Waals surface area contributed by atoms with E-state index in [2.05, 4.69) is 11.4 Å². The fraction of sp³-hybridized carbons (Fsp3) is 0.333. The van der Waals surface area contributed by atoms with Gasteiger partial charge in [-0.15, -0.1) is 0 Å². The predicted octanol–water partition coefficient (Wildman–Crippen LogP) is 3.28. The van der Waals surface area contributed by atoms with Crippen LogP contribution >= 0.6 is 0 Å². The molecule has 1 aliphatic carbocycles. The van der Waals surface area contributed by atoms with Gasteiger partial charge in [0, 0.05) is 19.0 Å². The molecule has 7 nitrogen and oxygen atoms in total. The number of nitro groups is 1. The molecule has 1 fully saturated rings. The number of anilines is 1. The third-order valence-corrected chi connectivity index (χ3v) is 5.62. The number of aryl methyl sites for hydroxylation is 1. The van der Waals surface area contributed by atoms with Crippen LogP contribution in [0.2, 0.25) is 0 Å². The second-order valence-electron chi connectivity index (χ2n) is 7.45. The lowest BCUT2D eigenvalue weighted by molar-refractivity contribution is -0.387. The maximum Gasteiger partial charge on any atom is 0.306 e. The molecule has 0 radical (unpaired) electrons. The van der Waals surface area contributed by atoms with Gasteiger partial charge in [0.25, 0.3) is 0 Å². The summed E-state index contributed by atoms with van der Waals surface area (Å²) in [5.74, 6) is -2.04. The van der Waals surface area contributed by atoms with E-state index in [1.807, 2.05) is 18.2 Å². The minimum Gasteiger partial charge on any atom is -0.349 e. The van der Waals surface area contributed by atoms with Crippen LogP contribution in [0.5, 0.6) is 0 Å². The summed E-state index contributed by atoms with van der Waals surface area (Å²) in [5.41, 5.74) is 1.87. The molecular weight excluding hydrogens is 377 g/mol. The van der Waals surface area contributed by atoms with Gasteiger partial charge in [-0.1, -0.05) is 24.3 Å². The summed E-state index contributed by atoms with van der Waals surface area (Å²) < 4.78 is 13.6. The summed E-state index contributed by atoms with van der Waals surface area (Å²) in [6.07, 6.45) is 2.83. The summed E-state index contributed by atoms with van der Waals surface area (Å²) in [6, 6.07) is 11.3. The first kappa shape index (κ1) is 19.0. The smallest absolute Gasteiger partial charge is 0.306 e. The number of benzene rings is 2. The molecule has 2 amide bonds.